The largest absolute Gasteiger partial charge is 0.456 e. The van der Waals surface area contributed by atoms with Crippen molar-refractivity contribution >= 4 is 92.1 Å². The highest BCUT2D eigenvalue weighted by Crippen LogP contribution is 2.47. The lowest BCUT2D eigenvalue weighted by Gasteiger charge is -2.28. The molecule has 53 heavy (non-hydrogen) atoms. The van der Waals surface area contributed by atoms with Crippen molar-refractivity contribution in [3.63, 3.8) is 0 Å². The minimum atomic E-state index is 0.870. The molecule has 2 aromatic heterocycles. The molecule has 11 aromatic rings. The topological polar surface area (TPSA) is 16.4 Å². The van der Waals surface area contributed by atoms with Crippen LogP contribution in [-0.2, 0) is 0 Å². The number of hydrogen-bond acceptors (Lipinski definition) is 3. The van der Waals surface area contributed by atoms with Crippen LogP contribution in [0.2, 0.25) is 0 Å². The van der Waals surface area contributed by atoms with Crippen LogP contribution in [0.1, 0.15) is 0 Å². The monoisotopic (exact) mass is 693 g/mol. The molecule has 2 nitrogen and oxygen atoms in total. The molecular formula is C50H31NOS. The molecular weight excluding hydrogens is 663 g/mol. The molecule has 0 saturated carbocycles. The summed E-state index contributed by atoms with van der Waals surface area (Å²) in [5, 5.41) is 9.72. The van der Waals surface area contributed by atoms with E-state index in [2.05, 4.69) is 181 Å². The summed E-state index contributed by atoms with van der Waals surface area (Å²) < 4.78 is 9.10. The highest BCUT2D eigenvalue weighted by molar-refractivity contribution is 7.26. The first-order chi connectivity index (χ1) is 26.3. The summed E-state index contributed by atoms with van der Waals surface area (Å²) in [4.78, 5) is 2.41. The minimum Gasteiger partial charge on any atom is -0.456 e. The van der Waals surface area contributed by atoms with Crippen LogP contribution in [0, 0.1) is 0 Å². The van der Waals surface area contributed by atoms with Crippen molar-refractivity contribution in [2.24, 2.45) is 0 Å². The summed E-state index contributed by atoms with van der Waals surface area (Å²) in [7, 11) is 0. The molecule has 11 rings (SSSR count). The SMILES string of the molecule is c1ccc(-c2cc(N(c3ccc4c(c3)oc3ccccc34)c3cc4ccccc4c4ccccc34)ccc2-c2cccc3c2sc2ccccc23)cc1. The van der Waals surface area contributed by atoms with Crippen LogP contribution in [0.4, 0.5) is 17.1 Å². The summed E-state index contributed by atoms with van der Waals surface area (Å²) in [6.07, 6.45) is 0. The fourth-order valence-electron chi connectivity index (χ4n) is 8.22. The predicted octanol–water partition coefficient (Wildman–Crippen LogP) is 15.1. The minimum absolute atomic E-state index is 0.870. The van der Waals surface area contributed by atoms with Gasteiger partial charge in [0.05, 0.1) is 5.69 Å². The Morgan fingerprint density at radius 3 is 1.92 bits per heavy atom. The zero-order valence-corrected chi connectivity index (χ0v) is 29.5. The molecule has 0 spiro atoms. The number of rotatable bonds is 5. The zero-order valence-electron chi connectivity index (χ0n) is 28.7. The smallest absolute Gasteiger partial charge is 0.137 e. The van der Waals surface area contributed by atoms with Gasteiger partial charge in [-0.25, -0.2) is 0 Å². The van der Waals surface area contributed by atoms with E-state index in [0.29, 0.717) is 0 Å². The molecule has 9 aromatic carbocycles. The highest BCUT2D eigenvalue weighted by atomic mass is 32.1. The standard InChI is InChI=1S/C50H31NOS/c1-2-13-32(14-3-1)45-30-34(25-27-38(45)43-21-12-22-44-42-20-9-11-24-49(42)53-50(43)44)51(35-26-28-41-40-19-8-10-23-47(40)52-48(41)31-35)46-29-33-15-4-5-16-36(33)37-17-6-7-18-39(37)46/h1-31H. The molecule has 0 unspecified atom stereocenters. The molecule has 0 aliphatic carbocycles. The van der Waals surface area contributed by atoms with Crippen molar-refractivity contribution in [3.8, 4) is 22.3 Å². The highest BCUT2D eigenvalue weighted by Gasteiger charge is 2.22. The van der Waals surface area contributed by atoms with Gasteiger partial charge in [0.2, 0.25) is 0 Å². The van der Waals surface area contributed by atoms with Gasteiger partial charge in [0.15, 0.2) is 0 Å². The predicted molar refractivity (Wildman–Crippen MR) is 227 cm³/mol. The Morgan fingerprint density at radius 1 is 0.377 bits per heavy atom. The maximum Gasteiger partial charge on any atom is 0.137 e. The molecule has 0 aliphatic rings. The van der Waals surface area contributed by atoms with Crippen molar-refractivity contribution < 1.29 is 4.42 Å². The molecule has 0 atom stereocenters. The average molecular weight is 694 g/mol. The lowest BCUT2D eigenvalue weighted by atomic mass is 9.92. The van der Waals surface area contributed by atoms with E-state index >= 15 is 0 Å². The number of anilines is 3. The van der Waals surface area contributed by atoms with Gasteiger partial charge in [-0.3, -0.25) is 0 Å². The number of para-hydroxylation sites is 1. The molecule has 248 valence electrons. The fourth-order valence-corrected chi connectivity index (χ4v) is 9.45. The third-order valence-corrected chi connectivity index (χ3v) is 11.9. The van der Waals surface area contributed by atoms with Crippen LogP contribution >= 0.6 is 11.3 Å². The molecule has 0 amide bonds. The third kappa shape index (κ3) is 4.78. The number of fused-ring (bicyclic) bond motifs is 9. The third-order valence-electron chi connectivity index (χ3n) is 10.6. The Hall–Kier alpha value is -6.68. The van der Waals surface area contributed by atoms with Gasteiger partial charge in [0.1, 0.15) is 11.2 Å². The Morgan fingerprint density at radius 2 is 1.04 bits per heavy atom. The summed E-state index contributed by atoms with van der Waals surface area (Å²) in [5.41, 5.74) is 9.83. The second-order valence-corrected chi connectivity index (χ2v) is 14.7. The van der Waals surface area contributed by atoms with E-state index in [0.717, 1.165) is 39.0 Å². The molecule has 0 aliphatic heterocycles. The van der Waals surface area contributed by atoms with Crippen LogP contribution in [-0.4, -0.2) is 0 Å². The first kappa shape index (κ1) is 30.0. The van der Waals surface area contributed by atoms with E-state index in [-0.39, 0.29) is 0 Å². The zero-order chi connectivity index (χ0) is 34.9. The summed E-state index contributed by atoms with van der Waals surface area (Å²) in [6, 6.07) is 68.1. The summed E-state index contributed by atoms with van der Waals surface area (Å²) in [6.45, 7) is 0. The number of nitrogens with zero attached hydrogens (tertiary/aromatic N) is 1. The van der Waals surface area contributed by atoms with Gasteiger partial charge in [-0.2, -0.15) is 0 Å². The van der Waals surface area contributed by atoms with Gasteiger partial charge in [0, 0.05) is 59.3 Å². The van der Waals surface area contributed by atoms with Crippen molar-refractivity contribution in [3.05, 3.63) is 188 Å². The number of hydrogen-bond donors (Lipinski definition) is 0. The summed E-state index contributed by atoms with van der Waals surface area (Å²) >= 11 is 1.88. The molecule has 0 bridgehead atoms. The normalized spacial score (nSPS) is 11.8. The van der Waals surface area contributed by atoms with Crippen molar-refractivity contribution in [2.75, 3.05) is 4.90 Å². The van der Waals surface area contributed by atoms with E-state index in [4.69, 9.17) is 4.42 Å². The van der Waals surface area contributed by atoms with Gasteiger partial charge < -0.3 is 9.32 Å². The number of thiophene rings is 1. The quantitative estimate of drug-likeness (QED) is 0.167. The lowest BCUT2D eigenvalue weighted by molar-refractivity contribution is 0.669. The van der Waals surface area contributed by atoms with Crippen LogP contribution in [0.5, 0.6) is 0 Å². The Balaban J connectivity index is 1.20. The van der Waals surface area contributed by atoms with Crippen molar-refractivity contribution in [2.45, 2.75) is 0 Å². The second kappa shape index (κ2) is 11.9. The van der Waals surface area contributed by atoms with Crippen LogP contribution in [0.3, 0.4) is 0 Å². The van der Waals surface area contributed by atoms with E-state index in [9.17, 15) is 0 Å². The van der Waals surface area contributed by atoms with Gasteiger partial charge >= 0.3 is 0 Å². The van der Waals surface area contributed by atoms with E-state index in [1.54, 1.807) is 0 Å². The molecule has 0 N–H and O–H groups in total. The molecule has 0 saturated heterocycles. The molecule has 0 fully saturated rings. The first-order valence-electron chi connectivity index (χ1n) is 18.0. The summed E-state index contributed by atoms with van der Waals surface area (Å²) in [5.74, 6) is 0. The second-order valence-electron chi connectivity index (χ2n) is 13.7. The van der Waals surface area contributed by atoms with Gasteiger partial charge in [0.25, 0.3) is 0 Å². The van der Waals surface area contributed by atoms with E-state index < -0.39 is 0 Å². The van der Waals surface area contributed by atoms with E-state index in [1.165, 1.54) is 64.0 Å². The van der Waals surface area contributed by atoms with Gasteiger partial charge in [-0.1, -0.05) is 140 Å². The van der Waals surface area contributed by atoms with Crippen LogP contribution < -0.4 is 4.90 Å². The Labute approximate surface area is 310 Å². The van der Waals surface area contributed by atoms with Gasteiger partial charge in [-0.05, 0) is 75.3 Å². The van der Waals surface area contributed by atoms with Crippen LogP contribution in [0.25, 0.3) is 85.9 Å². The maximum absolute atomic E-state index is 6.48. The molecule has 2 heterocycles. The molecule has 0 radical (unpaired) electrons. The van der Waals surface area contributed by atoms with Crippen molar-refractivity contribution in [1.29, 1.82) is 0 Å². The Kier molecular flexibility index (Phi) is 6.76. The Bertz CT molecular complexity index is 3190. The van der Waals surface area contributed by atoms with Crippen LogP contribution in [0.15, 0.2) is 192 Å². The van der Waals surface area contributed by atoms with E-state index in [1.807, 2.05) is 23.5 Å². The van der Waals surface area contributed by atoms with Crippen molar-refractivity contribution in [1.82, 2.24) is 0 Å². The number of benzene rings is 9. The average Bonchev–Trinajstić information content (AvgIpc) is 3.80. The number of furan rings is 1. The molecule has 3 heteroatoms. The first-order valence-corrected chi connectivity index (χ1v) is 18.8. The maximum atomic E-state index is 6.48. The lowest BCUT2D eigenvalue weighted by Crippen LogP contribution is -2.11. The fraction of sp³-hybridized carbons (Fsp3) is 0. The van der Waals surface area contributed by atoms with Gasteiger partial charge in [-0.15, -0.1) is 11.3 Å².